The van der Waals surface area contributed by atoms with Crippen LogP contribution >= 0.6 is 11.6 Å². The number of rotatable bonds is 7. The highest BCUT2D eigenvalue weighted by molar-refractivity contribution is 6.33. The summed E-state index contributed by atoms with van der Waals surface area (Å²) in [5, 5.41) is 10.5. The fraction of sp³-hybridized carbons (Fsp3) is 0.0909. The largest absolute Gasteiger partial charge is 0.416 e. The number of alkyl halides is 3. The van der Waals surface area contributed by atoms with E-state index in [-0.39, 0.29) is 34.1 Å². The lowest BCUT2D eigenvalue weighted by Crippen LogP contribution is -2.19. The number of amides is 2. The zero-order valence-corrected chi connectivity index (χ0v) is 18.4. The van der Waals surface area contributed by atoms with Crippen LogP contribution in [0.15, 0.2) is 61.3 Å². The van der Waals surface area contributed by atoms with Gasteiger partial charge in [0.05, 0.1) is 23.0 Å². The average molecular weight is 491 g/mol. The predicted molar refractivity (Wildman–Crippen MR) is 124 cm³/mol. The second kappa shape index (κ2) is 10.2. The van der Waals surface area contributed by atoms with E-state index >= 15 is 0 Å². The number of para-hydroxylation sites is 1. The molecular formula is C22H18ClF3N6O2. The van der Waals surface area contributed by atoms with Crippen LogP contribution in [0.1, 0.15) is 15.9 Å². The Hall–Kier alpha value is -4.12. The summed E-state index contributed by atoms with van der Waals surface area (Å²) >= 11 is 6.18. The molecule has 0 aliphatic rings. The molecule has 1 heterocycles. The normalized spacial score (nSPS) is 10.9. The Labute approximate surface area is 197 Å². The molecule has 34 heavy (non-hydrogen) atoms. The van der Waals surface area contributed by atoms with E-state index in [0.717, 1.165) is 18.2 Å². The molecule has 2 aromatic carbocycles. The standard InChI is InChI=1S/C22H18ClF3N6O2/c1-3-18(33)29-13-8-12(22(24,25)26)9-14(10-13)30-21-28-11-16(23)19(32-21)31-17-7-5-4-6-15(17)20(34)27-2/h3-11H,1H2,2H3,(H,27,34)(H,29,33)(H2,28,30,31,32). The third-order valence-corrected chi connectivity index (χ3v) is 4.64. The highest BCUT2D eigenvalue weighted by atomic mass is 35.5. The maximum atomic E-state index is 13.3. The molecule has 176 valence electrons. The summed E-state index contributed by atoms with van der Waals surface area (Å²) in [5.41, 5.74) is -0.400. The molecule has 3 aromatic rings. The molecular weight excluding hydrogens is 473 g/mol. The van der Waals surface area contributed by atoms with Crippen molar-refractivity contribution < 1.29 is 22.8 Å². The Morgan fingerprint density at radius 2 is 1.79 bits per heavy atom. The van der Waals surface area contributed by atoms with Gasteiger partial charge in [-0.1, -0.05) is 30.3 Å². The second-order valence-corrected chi connectivity index (χ2v) is 7.16. The van der Waals surface area contributed by atoms with E-state index in [1.165, 1.54) is 19.3 Å². The van der Waals surface area contributed by atoms with Crippen LogP contribution in [0.25, 0.3) is 0 Å². The van der Waals surface area contributed by atoms with E-state index in [9.17, 15) is 22.8 Å². The van der Waals surface area contributed by atoms with Gasteiger partial charge in [-0.2, -0.15) is 18.2 Å². The molecule has 8 nitrogen and oxygen atoms in total. The van der Waals surface area contributed by atoms with Crippen LogP contribution in [-0.4, -0.2) is 28.8 Å². The van der Waals surface area contributed by atoms with Gasteiger partial charge in [0.15, 0.2) is 5.82 Å². The topological polar surface area (TPSA) is 108 Å². The van der Waals surface area contributed by atoms with Crippen LogP contribution in [0.2, 0.25) is 5.02 Å². The third kappa shape index (κ3) is 6.01. The smallest absolute Gasteiger partial charge is 0.355 e. The SMILES string of the molecule is C=CC(=O)Nc1cc(Nc2ncc(Cl)c(Nc3ccccc3C(=O)NC)n2)cc(C(F)(F)F)c1. The first kappa shape index (κ1) is 24.5. The molecule has 0 bridgehead atoms. The van der Waals surface area contributed by atoms with Crippen molar-refractivity contribution in [3.63, 3.8) is 0 Å². The number of halogens is 4. The minimum absolute atomic E-state index is 0.0341. The van der Waals surface area contributed by atoms with E-state index in [4.69, 9.17) is 11.6 Å². The molecule has 0 fully saturated rings. The van der Waals surface area contributed by atoms with Crippen molar-refractivity contribution in [2.45, 2.75) is 6.18 Å². The van der Waals surface area contributed by atoms with Crippen molar-refractivity contribution in [3.8, 4) is 0 Å². The fourth-order valence-electron chi connectivity index (χ4n) is 2.83. The van der Waals surface area contributed by atoms with Gasteiger partial charge in [0.25, 0.3) is 5.91 Å². The van der Waals surface area contributed by atoms with E-state index in [0.29, 0.717) is 11.3 Å². The lowest BCUT2D eigenvalue weighted by molar-refractivity contribution is -0.137. The lowest BCUT2D eigenvalue weighted by Gasteiger charge is -2.15. The van der Waals surface area contributed by atoms with Crippen LogP contribution in [0.3, 0.4) is 0 Å². The van der Waals surface area contributed by atoms with Crippen LogP contribution < -0.4 is 21.3 Å². The quantitative estimate of drug-likeness (QED) is 0.342. The molecule has 0 aliphatic carbocycles. The van der Waals surface area contributed by atoms with Crippen LogP contribution in [0.4, 0.5) is 42.0 Å². The number of hydrogen-bond donors (Lipinski definition) is 4. The summed E-state index contributed by atoms with van der Waals surface area (Å²) in [7, 11) is 1.49. The molecule has 0 radical (unpaired) electrons. The zero-order valence-electron chi connectivity index (χ0n) is 17.6. The number of carbonyl (C=O) groups excluding carboxylic acids is 2. The van der Waals surface area contributed by atoms with Gasteiger partial charge in [-0.25, -0.2) is 4.98 Å². The van der Waals surface area contributed by atoms with Crippen LogP contribution in [0, 0.1) is 0 Å². The molecule has 0 spiro atoms. The molecule has 12 heteroatoms. The molecule has 3 rings (SSSR count). The fourth-order valence-corrected chi connectivity index (χ4v) is 2.96. The first-order chi connectivity index (χ1) is 16.1. The minimum Gasteiger partial charge on any atom is -0.355 e. The maximum absolute atomic E-state index is 13.3. The second-order valence-electron chi connectivity index (χ2n) is 6.76. The highest BCUT2D eigenvalue weighted by Crippen LogP contribution is 2.34. The molecule has 0 saturated heterocycles. The van der Waals surface area contributed by atoms with Gasteiger partial charge in [-0.3, -0.25) is 9.59 Å². The Balaban J connectivity index is 1.94. The van der Waals surface area contributed by atoms with Crippen molar-refractivity contribution in [1.29, 1.82) is 0 Å². The maximum Gasteiger partial charge on any atom is 0.416 e. The number of carbonyl (C=O) groups is 2. The lowest BCUT2D eigenvalue weighted by atomic mass is 10.1. The molecule has 0 atom stereocenters. The van der Waals surface area contributed by atoms with E-state index in [2.05, 4.69) is 37.8 Å². The molecule has 4 N–H and O–H groups in total. The highest BCUT2D eigenvalue weighted by Gasteiger charge is 2.31. The Kier molecular flexibility index (Phi) is 7.37. The van der Waals surface area contributed by atoms with Crippen molar-refractivity contribution >= 4 is 52.2 Å². The summed E-state index contributed by atoms with van der Waals surface area (Å²) in [5.74, 6) is -0.980. The minimum atomic E-state index is -4.66. The molecule has 1 aromatic heterocycles. The monoisotopic (exact) mass is 490 g/mol. The van der Waals surface area contributed by atoms with Gasteiger partial charge in [0.1, 0.15) is 5.02 Å². The first-order valence-corrected chi connectivity index (χ1v) is 10.0. The molecule has 0 aliphatic heterocycles. The molecule has 2 amide bonds. The molecule has 0 saturated carbocycles. The van der Waals surface area contributed by atoms with Crippen molar-refractivity contribution in [2.24, 2.45) is 0 Å². The number of benzene rings is 2. The summed E-state index contributed by atoms with van der Waals surface area (Å²) in [4.78, 5) is 31.9. The van der Waals surface area contributed by atoms with Crippen molar-refractivity contribution in [1.82, 2.24) is 15.3 Å². The van der Waals surface area contributed by atoms with Crippen LogP contribution in [-0.2, 0) is 11.0 Å². The van der Waals surface area contributed by atoms with Gasteiger partial charge in [0.2, 0.25) is 11.9 Å². The third-order valence-electron chi connectivity index (χ3n) is 4.37. The number of hydrogen-bond acceptors (Lipinski definition) is 6. The summed E-state index contributed by atoms with van der Waals surface area (Å²) in [6, 6.07) is 9.52. The Morgan fingerprint density at radius 1 is 1.09 bits per heavy atom. The van der Waals surface area contributed by atoms with Gasteiger partial charge in [-0.15, -0.1) is 0 Å². The Morgan fingerprint density at radius 3 is 2.47 bits per heavy atom. The number of nitrogens with one attached hydrogen (secondary N) is 4. The zero-order chi connectivity index (χ0) is 24.9. The number of anilines is 5. The molecule has 0 unspecified atom stereocenters. The van der Waals surface area contributed by atoms with Gasteiger partial charge in [-0.05, 0) is 36.4 Å². The number of nitrogens with zero attached hydrogens (tertiary/aromatic N) is 2. The summed E-state index contributed by atoms with van der Waals surface area (Å²) in [6.07, 6.45) is -2.48. The van der Waals surface area contributed by atoms with Gasteiger partial charge in [0, 0.05) is 18.4 Å². The van der Waals surface area contributed by atoms with E-state index in [1.54, 1.807) is 24.3 Å². The van der Waals surface area contributed by atoms with E-state index in [1.807, 2.05) is 0 Å². The number of aromatic nitrogens is 2. The Bertz CT molecular complexity index is 1250. The van der Waals surface area contributed by atoms with Gasteiger partial charge < -0.3 is 21.3 Å². The summed E-state index contributed by atoms with van der Waals surface area (Å²) in [6.45, 7) is 3.28. The van der Waals surface area contributed by atoms with Gasteiger partial charge >= 0.3 is 6.18 Å². The average Bonchev–Trinajstić information content (AvgIpc) is 2.80. The van der Waals surface area contributed by atoms with Crippen molar-refractivity contribution in [3.05, 3.63) is 77.5 Å². The van der Waals surface area contributed by atoms with Crippen molar-refractivity contribution in [2.75, 3.05) is 23.0 Å². The van der Waals surface area contributed by atoms with E-state index < -0.39 is 17.6 Å². The summed E-state index contributed by atoms with van der Waals surface area (Å²) < 4.78 is 40.0. The first-order valence-electron chi connectivity index (χ1n) is 9.64. The predicted octanol–water partition coefficient (Wildman–Crippen LogP) is 5.12. The van der Waals surface area contributed by atoms with Crippen LogP contribution in [0.5, 0.6) is 0 Å².